The molecule has 0 saturated heterocycles. The standard InChI is InChI=1S/C10H12BrN3O/c1-6-8(11)4-5-9(12-6)14-10(15)13-7-2-3-7/h4-5,7H,2-3H2,1H3,(H2,12,13,14,15). The Balaban J connectivity index is 1.97. The smallest absolute Gasteiger partial charge is 0.320 e. The monoisotopic (exact) mass is 269 g/mol. The molecule has 0 atom stereocenters. The maximum atomic E-state index is 11.4. The Morgan fingerprint density at radius 1 is 1.53 bits per heavy atom. The summed E-state index contributed by atoms with van der Waals surface area (Å²) in [7, 11) is 0. The minimum absolute atomic E-state index is 0.174. The van der Waals surface area contributed by atoms with E-state index in [1.807, 2.05) is 13.0 Å². The molecule has 1 heterocycles. The topological polar surface area (TPSA) is 54.0 Å². The summed E-state index contributed by atoms with van der Waals surface area (Å²) in [6.45, 7) is 1.88. The van der Waals surface area contributed by atoms with Crippen LogP contribution in [0.5, 0.6) is 0 Å². The predicted octanol–water partition coefficient (Wildman–Crippen LogP) is 2.44. The highest BCUT2D eigenvalue weighted by Crippen LogP contribution is 2.19. The van der Waals surface area contributed by atoms with Crippen molar-refractivity contribution >= 4 is 27.8 Å². The van der Waals surface area contributed by atoms with Gasteiger partial charge in [-0.25, -0.2) is 9.78 Å². The van der Waals surface area contributed by atoms with Crippen LogP contribution in [0.15, 0.2) is 16.6 Å². The van der Waals surface area contributed by atoms with Crippen molar-refractivity contribution in [1.29, 1.82) is 0 Å². The van der Waals surface area contributed by atoms with Gasteiger partial charge in [-0.1, -0.05) is 0 Å². The first-order valence-electron chi connectivity index (χ1n) is 4.86. The lowest BCUT2D eigenvalue weighted by Gasteiger charge is -2.06. The molecule has 4 nitrogen and oxygen atoms in total. The molecular weight excluding hydrogens is 258 g/mol. The molecule has 0 radical (unpaired) electrons. The van der Waals surface area contributed by atoms with Crippen LogP contribution in [0.2, 0.25) is 0 Å². The Morgan fingerprint density at radius 2 is 2.27 bits per heavy atom. The third-order valence-electron chi connectivity index (χ3n) is 2.18. The van der Waals surface area contributed by atoms with Crippen LogP contribution in [-0.4, -0.2) is 17.1 Å². The minimum atomic E-state index is -0.174. The van der Waals surface area contributed by atoms with Crippen LogP contribution >= 0.6 is 15.9 Å². The summed E-state index contributed by atoms with van der Waals surface area (Å²) >= 11 is 3.36. The Kier molecular flexibility index (Phi) is 2.90. The number of hydrogen-bond acceptors (Lipinski definition) is 2. The molecule has 0 spiro atoms. The highest BCUT2D eigenvalue weighted by atomic mass is 79.9. The Hall–Kier alpha value is -1.10. The van der Waals surface area contributed by atoms with E-state index in [2.05, 4.69) is 31.5 Å². The number of carbonyl (C=O) groups excluding carboxylic acids is 1. The van der Waals surface area contributed by atoms with Crippen molar-refractivity contribution in [2.24, 2.45) is 0 Å². The van der Waals surface area contributed by atoms with E-state index in [9.17, 15) is 4.79 Å². The van der Waals surface area contributed by atoms with Crippen molar-refractivity contribution < 1.29 is 4.79 Å². The van der Waals surface area contributed by atoms with Gasteiger partial charge in [0.05, 0.1) is 5.69 Å². The molecule has 0 bridgehead atoms. The average Bonchev–Trinajstić information content (AvgIpc) is 2.95. The van der Waals surface area contributed by atoms with E-state index in [1.54, 1.807) is 6.07 Å². The number of aryl methyl sites for hydroxylation is 1. The highest BCUT2D eigenvalue weighted by Gasteiger charge is 2.23. The quantitative estimate of drug-likeness (QED) is 0.867. The molecule has 1 aromatic heterocycles. The normalized spacial score (nSPS) is 14.8. The molecule has 80 valence electrons. The molecule has 2 rings (SSSR count). The molecule has 2 amide bonds. The van der Waals surface area contributed by atoms with Gasteiger partial charge >= 0.3 is 6.03 Å². The fraction of sp³-hybridized carbons (Fsp3) is 0.400. The third kappa shape index (κ3) is 2.92. The van der Waals surface area contributed by atoms with E-state index in [0.29, 0.717) is 11.9 Å². The maximum Gasteiger partial charge on any atom is 0.320 e. The van der Waals surface area contributed by atoms with Crippen LogP contribution in [0.3, 0.4) is 0 Å². The van der Waals surface area contributed by atoms with Gasteiger partial charge in [0.15, 0.2) is 0 Å². The predicted molar refractivity (Wildman–Crippen MR) is 61.9 cm³/mol. The van der Waals surface area contributed by atoms with Crippen LogP contribution in [0.1, 0.15) is 18.5 Å². The number of nitrogens with zero attached hydrogens (tertiary/aromatic N) is 1. The molecule has 1 aromatic rings. The average molecular weight is 270 g/mol. The molecule has 5 heteroatoms. The van der Waals surface area contributed by atoms with Crippen molar-refractivity contribution in [3.05, 3.63) is 22.3 Å². The van der Waals surface area contributed by atoms with E-state index < -0.39 is 0 Å². The zero-order valence-corrected chi connectivity index (χ0v) is 9.97. The first kappa shape index (κ1) is 10.4. The number of carbonyl (C=O) groups is 1. The molecule has 15 heavy (non-hydrogen) atoms. The Labute approximate surface area is 96.6 Å². The summed E-state index contributed by atoms with van der Waals surface area (Å²) in [5.41, 5.74) is 0.860. The summed E-state index contributed by atoms with van der Waals surface area (Å²) in [5.74, 6) is 0.578. The van der Waals surface area contributed by atoms with Gasteiger partial charge in [-0.2, -0.15) is 0 Å². The molecule has 0 aromatic carbocycles. The molecule has 1 aliphatic carbocycles. The second-order valence-corrected chi connectivity index (χ2v) is 4.49. The summed E-state index contributed by atoms with van der Waals surface area (Å²) in [6.07, 6.45) is 2.17. The van der Waals surface area contributed by atoms with Gasteiger partial charge in [-0.15, -0.1) is 0 Å². The first-order chi connectivity index (χ1) is 7.15. The number of anilines is 1. The molecule has 2 N–H and O–H groups in total. The van der Waals surface area contributed by atoms with E-state index in [1.165, 1.54) is 0 Å². The highest BCUT2D eigenvalue weighted by molar-refractivity contribution is 9.10. The number of halogens is 1. The van der Waals surface area contributed by atoms with E-state index >= 15 is 0 Å². The van der Waals surface area contributed by atoms with Crippen LogP contribution in [0, 0.1) is 6.92 Å². The fourth-order valence-electron chi connectivity index (χ4n) is 1.18. The summed E-state index contributed by atoms with van der Waals surface area (Å²) in [4.78, 5) is 15.6. The molecule has 1 aliphatic rings. The van der Waals surface area contributed by atoms with Crippen molar-refractivity contribution in [3.63, 3.8) is 0 Å². The number of pyridine rings is 1. The zero-order valence-electron chi connectivity index (χ0n) is 8.38. The van der Waals surface area contributed by atoms with Crippen molar-refractivity contribution in [2.45, 2.75) is 25.8 Å². The lowest BCUT2D eigenvalue weighted by atomic mass is 10.4. The lowest BCUT2D eigenvalue weighted by Crippen LogP contribution is -2.30. The molecule has 1 saturated carbocycles. The summed E-state index contributed by atoms with van der Waals surface area (Å²) in [6, 6.07) is 3.83. The summed E-state index contributed by atoms with van der Waals surface area (Å²) in [5, 5.41) is 5.53. The maximum absolute atomic E-state index is 11.4. The molecule has 1 fully saturated rings. The van der Waals surface area contributed by atoms with Crippen molar-refractivity contribution in [3.8, 4) is 0 Å². The van der Waals surface area contributed by atoms with Gasteiger partial charge in [-0.05, 0) is 47.8 Å². The van der Waals surface area contributed by atoms with Crippen LogP contribution < -0.4 is 10.6 Å². The van der Waals surface area contributed by atoms with Gasteiger partial charge in [0.1, 0.15) is 5.82 Å². The number of aromatic nitrogens is 1. The minimum Gasteiger partial charge on any atom is -0.335 e. The number of amides is 2. The van der Waals surface area contributed by atoms with E-state index in [0.717, 1.165) is 23.0 Å². The van der Waals surface area contributed by atoms with Gasteiger partial charge in [0, 0.05) is 10.5 Å². The van der Waals surface area contributed by atoms with Crippen LogP contribution in [0.4, 0.5) is 10.6 Å². The second-order valence-electron chi connectivity index (χ2n) is 3.64. The molecule has 0 unspecified atom stereocenters. The molecule has 0 aliphatic heterocycles. The Bertz CT molecular complexity index is 390. The summed E-state index contributed by atoms with van der Waals surface area (Å²) < 4.78 is 0.940. The fourth-order valence-corrected chi connectivity index (χ4v) is 1.40. The largest absolute Gasteiger partial charge is 0.335 e. The second kappa shape index (κ2) is 4.18. The van der Waals surface area contributed by atoms with Crippen molar-refractivity contribution in [2.75, 3.05) is 5.32 Å². The Morgan fingerprint density at radius 3 is 2.87 bits per heavy atom. The number of nitrogens with one attached hydrogen (secondary N) is 2. The van der Waals surface area contributed by atoms with Gasteiger partial charge in [0.25, 0.3) is 0 Å². The number of urea groups is 1. The number of hydrogen-bond donors (Lipinski definition) is 2. The van der Waals surface area contributed by atoms with E-state index in [-0.39, 0.29) is 6.03 Å². The van der Waals surface area contributed by atoms with Crippen LogP contribution in [0.25, 0.3) is 0 Å². The van der Waals surface area contributed by atoms with Gasteiger partial charge in [0.2, 0.25) is 0 Å². The lowest BCUT2D eigenvalue weighted by molar-refractivity contribution is 0.251. The molecular formula is C10H12BrN3O. The van der Waals surface area contributed by atoms with E-state index in [4.69, 9.17) is 0 Å². The number of rotatable bonds is 2. The SMILES string of the molecule is Cc1nc(NC(=O)NC2CC2)ccc1Br. The third-order valence-corrected chi connectivity index (χ3v) is 3.01. The van der Waals surface area contributed by atoms with Crippen LogP contribution in [-0.2, 0) is 0 Å². The first-order valence-corrected chi connectivity index (χ1v) is 5.65. The van der Waals surface area contributed by atoms with Gasteiger partial charge in [-0.3, -0.25) is 5.32 Å². The van der Waals surface area contributed by atoms with Crippen molar-refractivity contribution in [1.82, 2.24) is 10.3 Å². The zero-order chi connectivity index (χ0) is 10.8. The van der Waals surface area contributed by atoms with Gasteiger partial charge < -0.3 is 5.32 Å².